The molecular formula is C26H51NO11. The van der Waals surface area contributed by atoms with E-state index < -0.39 is 5.97 Å². The SMILES string of the molecule is CCCCCOCCOCCOCCOCCOCCOCCOCCOCCCNC(=O)CCC(=O)O. The van der Waals surface area contributed by atoms with Crippen LogP contribution in [0.2, 0.25) is 0 Å². The van der Waals surface area contributed by atoms with E-state index in [0.717, 1.165) is 13.0 Å². The molecule has 0 radical (unpaired) electrons. The summed E-state index contributed by atoms with van der Waals surface area (Å²) in [5.74, 6) is -1.24. The van der Waals surface area contributed by atoms with Gasteiger partial charge in [0, 0.05) is 26.2 Å². The number of ether oxygens (including phenoxy) is 8. The van der Waals surface area contributed by atoms with Gasteiger partial charge in [0.05, 0.1) is 98.9 Å². The van der Waals surface area contributed by atoms with Crippen molar-refractivity contribution in [2.75, 3.05) is 112 Å². The first-order valence-electron chi connectivity index (χ1n) is 13.8. The number of hydrogen-bond donors (Lipinski definition) is 2. The highest BCUT2D eigenvalue weighted by molar-refractivity contribution is 5.80. The van der Waals surface area contributed by atoms with Gasteiger partial charge in [-0.05, 0) is 12.8 Å². The Morgan fingerprint density at radius 1 is 0.500 bits per heavy atom. The molecule has 0 aromatic heterocycles. The van der Waals surface area contributed by atoms with E-state index in [2.05, 4.69) is 12.2 Å². The molecule has 0 unspecified atom stereocenters. The van der Waals surface area contributed by atoms with E-state index in [0.29, 0.717) is 112 Å². The van der Waals surface area contributed by atoms with Crippen LogP contribution in [0.15, 0.2) is 0 Å². The zero-order valence-electron chi connectivity index (χ0n) is 23.3. The number of nitrogens with one attached hydrogen (secondary N) is 1. The van der Waals surface area contributed by atoms with E-state index in [4.69, 9.17) is 43.0 Å². The van der Waals surface area contributed by atoms with Crippen molar-refractivity contribution in [2.45, 2.75) is 45.4 Å². The van der Waals surface area contributed by atoms with Crippen LogP contribution in [0.1, 0.15) is 45.4 Å². The first kappa shape index (κ1) is 36.6. The molecule has 0 aromatic carbocycles. The minimum absolute atomic E-state index is 0.00375. The highest BCUT2D eigenvalue weighted by Crippen LogP contribution is 1.94. The molecule has 38 heavy (non-hydrogen) atoms. The first-order chi connectivity index (χ1) is 18.7. The summed E-state index contributed by atoms with van der Waals surface area (Å²) in [6, 6.07) is 0. The third-order valence-electron chi connectivity index (χ3n) is 4.85. The molecule has 0 atom stereocenters. The Morgan fingerprint density at radius 2 is 0.842 bits per heavy atom. The fourth-order valence-corrected chi connectivity index (χ4v) is 2.81. The lowest BCUT2D eigenvalue weighted by atomic mass is 10.3. The van der Waals surface area contributed by atoms with E-state index >= 15 is 0 Å². The minimum atomic E-state index is -0.978. The average molecular weight is 554 g/mol. The van der Waals surface area contributed by atoms with E-state index in [1.165, 1.54) is 12.8 Å². The molecule has 0 rings (SSSR count). The van der Waals surface area contributed by atoms with Gasteiger partial charge in [-0.1, -0.05) is 19.8 Å². The number of rotatable bonds is 32. The molecule has 2 N–H and O–H groups in total. The Kier molecular flexibility index (Phi) is 30.7. The van der Waals surface area contributed by atoms with E-state index in [-0.39, 0.29) is 18.7 Å². The number of carboxylic acids is 1. The summed E-state index contributed by atoms with van der Waals surface area (Å²) in [6.45, 7) is 11.2. The number of carboxylic acid groups (broad SMARTS) is 1. The Hall–Kier alpha value is -1.38. The van der Waals surface area contributed by atoms with Crippen molar-refractivity contribution in [3.63, 3.8) is 0 Å². The van der Waals surface area contributed by atoms with Crippen LogP contribution in [-0.2, 0) is 47.5 Å². The molecule has 0 aliphatic rings. The molecule has 0 saturated heterocycles. The first-order valence-corrected chi connectivity index (χ1v) is 13.8. The van der Waals surface area contributed by atoms with Gasteiger partial charge in [0.15, 0.2) is 0 Å². The molecule has 12 nitrogen and oxygen atoms in total. The molecule has 1 amide bonds. The van der Waals surface area contributed by atoms with Crippen LogP contribution < -0.4 is 5.32 Å². The smallest absolute Gasteiger partial charge is 0.303 e. The number of carbonyl (C=O) groups excluding carboxylic acids is 1. The summed E-state index contributed by atoms with van der Waals surface area (Å²) in [6.07, 6.45) is 4.02. The van der Waals surface area contributed by atoms with Crippen molar-refractivity contribution in [1.82, 2.24) is 5.32 Å². The van der Waals surface area contributed by atoms with Crippen molar-refractivity contribution in [3.8, 4) is 0 Å². The summed E-state index contributed by atoms with van der Waals surface area (Å²) in [5.41, 5.74) is 0. The van der Waals surface area contributed by atoms with Crippen LogP contribution in [0.4, 0.5) is 0 Å². The van der Waals surface area contributed by atoms with Crippen molar-refractivity contribution >= 4 is 11.9 Å². The van der Waals surface area contributed by atoms with E-state index in [1.54, 1.807) is 0 Å². The summed E-state index contributed by atoms with van der Waals surface area (Å²) in [7, 11) is 0. The maximum absolute atomic E-state index is 11.3. The van der Waals surface area contributed by atoms with Gasteiger partial charge < -0.3 is 48.3 Å². The Bertz CT molecular complexity index is 512. The van der Waals surface area contributed by atoms with Crippen molar-refractivity contribution in [2.24, 2.45) is 0 Å². The largest absolute Gasteiger partial charge is 0.481 e. The molecule has 0 bridgehead atoms. The maximum atomic E-state index is 11.3. The topological polar surface area (TPSA) is 140 Å². The molecule has 0 saturated carbocycles. The standard InChI is InChI=1S/C26H51NO11/c1-2-3-4-9-31-11-13-33-15-17-35-19-21-37-23-24-38-22-20-36-18-16-34-14-12-32-10-5-8-27-25(28)6-7-26(29)30/h2-24H2,1H3,(H,27,28)(H,29,30). The summed E-state index contributed by atoms with van der Waals surface area (Å²) in [4.78, 5) is 21.7. The second-order valence-electron chi connectivity index (χ2n) is 8.20. The molecule has 0 spiro atoms. The normalized spacial score (nSPS) is 11.2. The van der Waals surface area contributed by atoms with Crippen LogP contribution in [0.3, 0.4) is 0 Å². The maximum Gasteiger partial charge on any atom is 0.303 e. The number of unbranched alkanes of at least 4 members (excludes halogenated alkanes) is 2. The Balaban J connectivity index is 3.07. The van der Waals surface area contributed by atoms with Gasteiger partial charge in [0.1, 0.15) is 0 Å². The molecule has 0 heterocycles. The lowest BCUT2D eigenvalue weighted by Gasteiger charge is -2.09. The van der Waals surface area contributed by atoms with E-state index in [1.807, 2.05) is 0 Å². The van der Waals surface area contributed by atoms with Crippen molar-refractivity contribution in [1.29, 1.82) is 0 Å². The van der Waals surface area contributed by atoms with Crippen molar-refractivity contribution in [3.05, 3.63) is 0 Å². The monoisotopic (exact) mass is 553 g/mol. The average Bonchev–Trinajstić information content (AvgIpc) is 2.91. The van der Waals surface area contributed by atoms with Gasteiger partial charge in [-0.25, -0.2) is 0 Å². The van der Waals surface area contributed by atoms with E-state index in [9.17, 15) is 9.59 Å². The van der Waals surface area contributed by atoms with Gasteiger partial charge >= 0.3 is 5.97 Å². The molecule has 0 aromatic rings. The second-order valence-corrected chi connectivity index (χ2v) is 8.20. The highest BCUT2D eigenvalue weighted by atomic mass is 16.6. The lowest BCUT2D eigenvalue weighted by molar-refractivity contribution is -0.138. The third-order valence-corrected chi connectivity index (χ3v) is 4.85. The highest BCUT2D eigenvalue weighted by Gasteiger charge is 2.04. The van der Waals surface area contributed by atoms with Crippen LogP contribution in [0.5, 0.6) is 0 Å². The molecule has 0 fully saturated rings. The Morgan fingerprint density at radius 3 is 1.18 bits per heavy atom. The van der Waals surface area contributed by atoms with Crippen LogP contribution in [0.25, 0.3) is 0 Å². The van der Waals surface area contributed by atoms with Gasteiger partial charge in [0.25, 0.3) is 0 Å². The molecule has 226 valence electrons. The molecule has 0 aliphatic heterocycles. The number of hydrogen-bond acceptors (Lipinski definition) is 10. The van der Waals surface area contributed by atoms with Gasteiger partial charge in [0.2, 0.25) is 5.91 Å². The molecule has 0 aliphatic carbocycles. The quantitative estimate of drug-likeness (QED) is 0.118. The van der Waals surface area contributed by atoms with Crippen molar-refractivity contribution < 1.29 is 52.6 Å². The predicted octanol–water partition coefficient (Wildman–Crippen LogP) is 1.68. The Labute approximate surface area is 227 Å². The van der Waals surface area contributed by atoms with Gasteiger partial charge in [-0.15, -0.1) is 0 Å². The number of carbonyl (C=O) groups is 2. The number of aliphatic carboxylic acids is 1. The zero-order valence-corrected chi connectivity index (χ0v) is 23.3. The summed E-state index contributed by atoms with van der Waals surface area (Å²) in [5, 5.41) is 11.2. The fourth-order valence-electron chi connectivity index (χ4n) is 2.81. The van der Waals surface area contributed by atoms with Gasteiger partial charge in [-0.2, -0.15) is 0 Å². The van der Waals surface area contributed by atoms with Crippen LogP contribution in [0, 0.1) is 0 Å². The van der Waals surface area contributed by atoms with Gasteiger partial charge in [-0.3, -0.25) is 9.59 Å². The zero-order chi connectivity index (χ0) is 27.8. The summed E-state index contributed by atoms with van der Waals surface area (Å²) < 4.78 is 43.5. The summed E-state index contributed by atoms with van der Waals surface area (Å²) >= 11 is 0. The van der Waals surface area contributed by atoms with Crippen LogP contribution >= 0.6 is 0 Å². The molecular weight excluding hydrogens is 502 g/mol. The minimum Gasteiger partial charge on any atom is -0.481 e. The third kappa shape index (κ3) is 32.6. The lowest BCUT2D eigenvalue weighted by Crippen LogP contribution is -2.25. The fraction of sp³-hybridized carbons (Fsp3) is 0.923. The predicted molar refractivity (Wildman–Crippen MR) is 141 cm³/mol. The second kappa shape index (κ2) is 31.8. The number of amides is 1. The molecule has 12 heteroatoms. The van der Waals surface area contributed by atoms with Crippen LogP contribution in [-0.4, -0.2) is 129 Å².